The van der Waals surface area contributed by atoms with Crippen LogP contribution in [0.15, 0.2) is 144 Å². The average molecular weight is 1070 g/mol. The highest BCUT2D eigenvalue weighted by atomic mass is 32.2. The number of methoxy groups -OCH3 is 2. The second kappa shape index (κ2) is 20.6. The van der Waals surface area contributed by atoms with Crippen LogP contribution in [0.5, 0.6) is 23.0 Å². The average Bonchev–Trinajstić information content (AvgIpc) is 3.30. The van der Waals surface area contributed by atoms with Gasteiger partial charge < -0.3 is 30.0 Å². The van der Waals surface area contributed by atoms with E-state index in [9.17, 15) is 57.2 Å². The number of hydrogen-bond donors (Lipinski definition) is 7. The Balaban J connectivity index is 1.15. The maximum atomic E-state index is 13.6. The number of carbonyl (C=O) groups is 1. The molecule has 0 unspecified atom stereocenters. The minimum atomic E-state index is -5.12. The largest absolute Gasteiger partial charge is 0.505 e. The molecule has 0 bridgehead atoms. The van der Waals surface area contributed by atoms with Gasteiger partial charge in [0.2, 0.25) is 0 Å². The normalized spacial score (nSPS) is 12.4. The van der Waals surface area contributed by atoms with E-state index in [2.05, 4.69) is 31.1 Å². The molecule has 0 heterocycles. The number of aromatic hydroxyl groups is 1. The van der Waals surface area contributed by atoms with E-state index in [4.69, 9.17) is 18.8 Å². The SMILES string of the molecule is COc1cc(N=Nc2c(S(=O)(=O)O)cc3cc(Nc4ccccc4)ccc3c2O)c(OC)cc1N=Nc1ccc(C(=O)Nc2cc3c(OCCCS(=O)(=O)O)cc(S(=O)(=O)O)cc3cc2S(=O)(=O)O)cc1C. The van der Waals surface area contributed by atoms with Gasteiger partial charge in [0, 0.05) is 45.9 Å². The Kier molecular flexibility index (Phi) is 14.9. The molecule has 0 aliphatic rings. The number of aryl methyl sites for hydroxylation is 1. The zero-order chi connectivity index (χ0) is 52.3. The molecule has 376 valence electrons. The summed E-state index contributed by atoms with van der Waals surface area (Å²) in [5, 5.41) is 33.8. The molecule has 0 radical (unpaired) electrons. The van der Waals surface area contributed by atoms with Gasteiger partial charge in [0.15, 0.2) is 5.75 Å². The predicted octanol–water partition coefficient (Wildman–Crippen LogP) is 9.25. The summed E-state index contributed by atoms with van der Waals surface area (Å²) in [6, 6.07) is 25.5. The number of ether oxygens (including phenoxy) is 3. The number of para-hydroxylation sites is 1. The zero-order valence-electron chi connectivity index (χ0n) is 37.6. The second-order valence-electron chi connectivity index (χ2n) is 15.5. The van der Waals surface area contributed by atoms with Crippen molar-refractivity contribution in [2.75, 3.05) is 37.2 Å². The molecule has 23 nitrogen and oxygen atoms in total. The Morgan fingerprint density at radius 1 is 0.597 bits per heavy atom. The second-order valence-corrected chi connectivity index (χ2v) is 21.2. The molecular formula is C45H40N6O17S4. The number of phenolic OH excluding ortho intramolecular Hbond substituents is 1. The van der Waals surface area contributed by atoms with E-state index in [1.807, 2.05) is 30.3 Å². The number of rotatable bonds is 18. The molecule has 0 saturated heterocycles. The molecule has 1 amide bonds. The number of nitrogens with one attached hydrogen (secondary N) is 2. The molecule has 27 heteroatoms. The van der Waals surface area contributed by atoms with Gasteiger partial charge in [0.25, 0.3) is 46.4 Å². The first kappa shape index (κ1) is 52.2. The Morgan fingerprint density at radius 2 is 1.21 bits per heavy atom. The predicted molar refractivity (Wildman–Crippen MR) is 262 cm³/mol. The lowest BCUT2D eigenvalue weighted by molar-refractivity contribution is 0.102. The quantitative estimate of drug-likeness (QED) is 0.0239. The number of benzene rings is 7. The van der Waals surface area contributed by atoms with Gasteiger partial charge in [-0.25, -0.2) is 0 Å². The smallest absolute Gasteiger partial charge is 0.296 e. The van der Waals surface area contributed by atoms with Crippen molar-refractivity contribution in [1.29, 1.82) is 0 Å². The molecule has 7 aromatic rings. The summed E-state index contributed by atoms with van der Waals surface area (Å²) in [5.41, 5.74) is 0.924. The molecule has 0 aliphatic heterocycles. The van der Waals surface area contributed by atoms with Crippen LogP contribution in [-0.4, -0.2) is 89.5 Å². The Hall–Kier alpha value is -7.63. The summed E-state index contributed by atoms with van der Waals surface area (Å²) in [7, 11) is -16.8. The number of amides is 1. The molecule has 0 fully saturated rings. The van der Waals surface area contributed by atoms with E-state index in [1.54, 1.807) is 19.1 Å². The van der Waals surface area contributed by atoms with Gasteiger partial charge in [0.05, 0.1) is 42.8 Å². The van der Waals surface area contributed by atoms with Gasteiger partial charge >= 0.3 is 0 Å². The van der Waals surface area contributed by atoms with Gasteiger partial charge in [-0.1, -0.05) is 18.2 Å². The van der Waals surface area contributed by atoms with Crippen LogP contribution in [0.3, 0.4) is 0 Å². The van der Waals surface area contributed by atoms with Crippen molar-refractivity contribution in [1.82, 2.24) is 0 Å². The summed E-state index contributed by atoms with van der Waals surface area (Å²) in [6.45, 7) is 1.18. The molecule has 0 atom stereocenters. The van der Waals surface area contributed by atoms with E-state index in [1.165, 1.54) is 50.6 Å². The molecule has 7 N–H and O–H groups in total. The van der Waals surface area contributed by atoms with Crippen LogP contribution in [-0.2, 0) is 40.5 Å². The van der Waals surface area contributed by atoms with E-state index in [0.29, 0.717) is 11.3 Å². The summed E-state index contributed by atoms with van der Waals surface area (Å²) >= 11 is 0. The maximum Gasteiger partial charge on any atom is 0.296 e. The highest BCUT2D eigenvalue weighted by Gasteiger charge is 2.25. The van der Waals surface area contributed by atoms with Crippen molar-refractivity contribution in [3.63, 3.8) is 0 Å². The third-order valence-electron chi connectivity index (χ3n) is 10.5. The van der Waals surface area contributed by atoms with Crippen LogP contribution < -0.4 is 24.8 Å². The van der Waals surface area contributed by atoms with Gasteiger partial charge in [-0.05, 0) is 102 Å². The summed E-state index contributed by atoms with van der Waals surface area (Å²) in [6.07, 6.45) is -0.264. The van der Waals surface area contributed by atoms with Crippen molar-refractivity contribution >= 4 is 108 Å². The number of hydrogen-bond acceptors (Lipinski definition) is 18. The minimum absolute atomic E-state index is 0.0195. The number of azo groups is 2. The number of carbonyl (C=O) groups excluding carboxylic acids is 1. The molecular weight excluding hydrogens is 1020 g/mol. The lowest BCUT2D eigenvalue weighted by atomic mass is 10.1. The monoisotopic (exact) mass is 1060 g/mol. The van der Waals surface area contributed by atoms with E-state index < -0.39 is 90.6 Å². The van der Waals surface area contributed by atoms with Gasteiger partial charge in [-0.2, -0.15) is 38.8 Å². The highest BCUT2D eigenvalue weighted by Crippen LogP contribution is 2.45. The summed E-state index contributed by atoms with van der Waals surface area (Å²) < 4.78 is 152. The van der Waals surface area contributed by atoms with Crippen molar-refractivity contribution in [2.24, 2.45) is 20.5 Å². The van der Waals surface area contributed by atoms with E-state index >= 15 is 0 Å². The number of anilines is 3. The molecule has 7 aromatic carbocycles. The van der Waals surface area contributed by atoms with Crippen molar-refractivity contribution < 1.29 is 76.0 Å². The standard InChI is InChI=1S/C45H40N6O17S4/c1-25-16-26(45(53)47-37-22-33-28(19-41(37)71(60,61)62)18-31(70(57,58)59)21-38(33)68-14-7-15-69(54,55)56)10-13-34(25)48-49-35-23-40(67-3)36(24-39(35)66-2)50-51-43-42(72(63,64)65)20-27-17-30(11-12-32(27)44(43)52)46-29-8-5-4-6-9-29/h4-6,8-13,16-24,46,52H,7,14-15H2,1-3H3,(H,47,53)(H,54,55,56)(H,57,58,59)(H,60,61,62)(H,63,64,65). The fourth-order valence-corrected chi connectivity index (χ4v) is 9.42. The van der Waals surface area contributed by atoms with E-state index in [0.717, 1.165) is 36.0 Å². The first-order valence-corrected chi connectivity index (χ1v) is 26.5. The van der Waals surface area contributed by atoms with Crippen molar-refractivity contribution in [2.45, 2.75) is 28.0 Å². The lowest BCUT2D eigenvalue weighted by Crippen LogP contribution is -2.15. The molecule has 0 saturated carbocycles. The topological polar surface area (TPSA) is 356 Å². The molecule has 0 spiro atoms. The summed E-state index contributed by atoms with van der Waals surface area (Å²) in [4.78, 5) is 11.3. The lowest BCUT2D eigenvalue weighted by Gasteiger charge is -2.15. The maximum absolute atomic E-state index is 13.6. The third kappa shape index (κ3) is 12.3. The Morgan fingerprint density at radius 3 is 1.81 bits per heavy atom. The Labute approximate surface area is 410 Å². The van der Waals surface area contributed by atoms with Crippen molar-refractivity contribution in [3.8, 4) is 23.0 Å². The van der Waals surface area contributed by atoms with Crippen molar-refractivity contribution in [3.05, 3.63) is 120 Å². The summed E-state index contributed by atoms with van der Waals surface area (Å²) in [5.74, 6) is -2.38. The van der Waals surface area contributed by atoms with Gasteiger partial charge in [0.1, 0.15) is 44.1 Å². The fourth-order valence-electron chi connectivity index (χ4n) is 7.08. The third-order valence-corrected chi connectivity index (χ3v) is 13.9. The molecule has 0 aromatic heterocycles. The van der Waals surface area contributed by atoms with E-state index in [-0.39, 0.29) is 67.8 Å². The molecule has 0 aliphatic carbocycles. The molecule has 72 heavy (non-hydrogen) atoms. The first-order chi connectivity index (χ1) is 33.8. The van der Waals surface area contributed by atoms with Crippen LogP contribution in [0.4, 0.5) is 39.8 Å². The van der Waals surface area contributed by atoms with Gasteiger partial charge in [-0.3, -0.25) is 23.0 Å². The molecule has 7 rings (SSSR count). The number of phenols is 1. The van der Waals surface area contributed by atoms with Crippen LogP contribution >= 0.6 is 0 Å². The van der Waals surface area contributed by atoms with Crippen LogP contribution in [0.1, 0.15) is 22.3 Å². The first-order valence-electron chi connectivity index (χ1n) is 20.6. The zero-order valence-corrected chi connectivity index (χ0v) is 40.8. The fraction of sp³-hybridized carbons (Fsp3) is 0.133. The number of fused-ring (bicyclic) bond motifs is 2. The Bertz CT molecular complexity index is 3840. The van der Waals surface area contributed by atoms with Crippen LogP contribution in [0.25, 0.3) is 21.5 Å². The highest BCUT2D eigenvalue weighted by molar-refractivity contribution is 7.86. The van der Waals surface area contributed by atoms with Crippen LogP contribution in [0.2, 0.25) is 0 Å². The van der Waals surface area contributed by atoms with Gasteiger partial charge in [-0.15, -0.1) is 15.3 Å². The minimum Gasteiger partial charge on any atom is -0.505 e. The number of nitrogens with zero attached hydrogens (tertiary/aromatic N) is 4. The van der Waals surface area contributed by atoms with Crippen LogP contribution in [0, 0.1) is 6.92 Å².